The second-order valence-electron chi connectivity index (χ2n) is 8.89. The number of sulfonamides is 1. The number of nitrogens with one attached hydrogen (secondary N) is 2. The summed E-state index contributed by atoms with van der Waals surface area (Å²) >= 11 is 0. The highest BCUT2D eigenvalue weighted by Gasteiger charge is 2.32. The first-order chi connectivity index (χ1) is 14.3. The maximum Gasteiger partial charge on any atom is 0.243 e. The van der Waals surface area contributed by atoms with Gasteiger partial charge in [-0.05, 0) is 50.7 Å². The van der Waals surface area contributed by atoms with Gasteiger partial charge in [-0.1, -0.05) is 25.1 Å². The fourth-order valence-electron chi connectivity index (χ4n) is 4.32. The number of hydrogen-bond donors (Lipinski definition) is 2. The number of nitrogens with zero attached hydrogens (tertiary/aromatic N) is 3. The molecule has 168 valence electrons. The highest BCUT2D eigenvalue weighted by molar-refractivity contribution is 7.89. The second-order valence-corrected chi connectivity index (χ2v) is 10.8. The molecule has 2 N–H and O–H groups in total. The first-order valence-corrected chi connectivity index (χ1v) is 12.5. The van der Waals surface area contributed by atoms with Crippen LogP contribution >= 0.6 is 0 Å². The molecule has 0 aliphatic carbocycles. The normalized spacial score (nSPS) is 25.0. The lowest BCUT2D eigenvalue weighted by Gasteiger charge is -2.31. The van der Waals surface area contributed by atoms with Crippen LogP contribution in [0.3, 0.4) is 0 Å². The summed E-state index contributed by atoms with van der Waals surface area (Å²) < 4.78 is 27.2. The van der Waals surface area contributed by atoms with E-state index >= 15 is 0 Å². The van der Waals surface area contributed by atoms with E-state index < -0.39 is 10.0 Å². The van der Waals surface area contributed by atoms with Crippen molar-refractivity contribution in [3.8, 4) is 0 Å². The second kappa shape index (κ2) is 10.1. The molecule has 1 aromatic carbocycles. The van der Waals surface area contributed by atoms with E-state index in [0.717, 1.165) is 38.4 Å². The van der Waals surface area contributed by atoms with Gasteiger partial charge < -0.3 is 10.6 Å². The van der Waals surface area contributed by atoms with Crippen molar-refractivity contribution in [2.75, 3.05) is 39.8 Å². The summed E-state index contributed by atoms with van der Waals surface area (Å²) in [6, 6.07) is 9.68. The number of aliphatic imine (C=N–C) groups is 1. The highest BCUT2D eigenvalue weighted by atomic mass is 32.2. The monoisotopic (exact) mass is 435 g/mol. The quantitative estimate of drug-likeness (QED) is 0.528. The average molecular weight is 436 g/mol. The molecule has 0 aromatic heterocycles. The fourth-order valence-corrected chi connectivity index (χ4v) is 5.81. The number of guanidine groups is 1. The van der Waals surface area contributed by atoms with Gasteiger partial charge >= 0.3 is 0 Å². The van der Waals surface area contributed by atoms with Crippen LogP contribution in [-0.4, -0.2) is 75.4 Å². The molecule has 2 atom stereocenters. The molecule has 1 aromatic rings. The van der Waals surface area contributed by atoms with Crippen LogP contribution in [0.15, 0.2) is 40.2 Å². The smallest absolute Gasteiger partial charge is 0.243 e. The lowest BCUT2D eigenvalue weighted by molar-refractivity contribution is 0.265. The summed E-state index contributed by atoms with van der Waals surface area (Å²) in [5.41, 5.74) is 0. The van der Waals surface area contributed by atoms with E-state index in [1.54, 1.807) is 28.6 Å². The average Bonchev–Trinajstić information content (AvgIpc) is 3.12. The Kier molecular flexibility index (Phi) is 7.76. The Morgan fingerprint density at radius 2 is 1.83 bits per heavy atom. The largest absolute Gasteiger partial charge is 0.356 e. The van der Waals surface area contributed by atoms with Gasteiger partial charge in [0.25, 0.3) is 0 Å². The van der Waals surface area contributed by atoms with Gasteiger partial charge in [-0.15, -0.1) is 0 Å². The third kappa shape index (κ3) is 5.53. The van der Waals surface area contributed by atoms with Crippen molar-refractivity contribution in [1.82, 2.24) is 19.8 Å². The Labute approximate surface area is 182 Å². The van der Waals surface area contributed by atoms with E-state index in [4.69, 9.17) is 0 Å². The molecular weight excluding hydrogens is 398 g/mol. The van der Waals surface area contributed by atoms with E-state index in [-0.39, 0.29) is 0 Å². The predicted molar refractivity (Wildman–Crippen MR) is 122 cm³/mol. The van der Waals surface area contributed by atoms with E-state index in [2.05, 4.69) is 41.3 Å². The van der Waals surface area contributed by atoms with Crippen LogP contribution in [0.1, 0.15) is 33.6 Å². The standard InChI is InChI=1S/C22H37N5O2S/c1-17(2)26-15-18(3)21(16-26)25-22(23-4)24-14-19-10-12-27(13-11-19)30(28,29)20-8-6-5-7-9-20/h5-9,17-19,21H,10-16H2,1-4H3,(H2,23,24,25). The Balaban J connectivity index is 1.46. The van der Waals surface area contributed by atoms with Crippen molar-refractivity contribution in [3.05, 3.63) is 30.3 Å². The first-order valence-electron chi connectivity index (χ1n) is 11.1. The van der Waals surface area contributed by atoms with Crippen molar-refractivity contribution in [2.45, 2.75) is 50.6 Å². The van der Waals surface area contributed by atoms with Crippen molar-refractivity contribution >= 4 is 16.0 Å². The molecule has 2 unspecified atom stereocenters. The summed E-state index contributed by atoms with van der Waals surface area (Å²) in [4.78, 5) is 7.28. The number of rotatable bonds is 6. The molecule has 2 saturated heterocycles. The molecule has 0 spiro atoms. The van der Waals surface area contributed by atoms with Gasteiger partial charge in [0.15, 0.2) is 5.96 Å². The van der Waals surface area contributed by atoms with E-state index in [9.17, 15) is 8.42 Å². The van der Waals surface area contributed by atoms with E-state index in [0.29, 0.717) is 41.9 Å². The Bertz CT molecular complexity index is 804. The lowest BCUT2D eigenvalue weighted by atomic mass is 9.98. The van der Waals surface area contributed by atoms with E-state index in [1.807, 2.05) is 13.1 Å². The van der Waals surface area contributed by atoms with Crippen LogP contribution in [-0.2, 0) is 10.0 Å². The number of benzene rings is 1. The Morgan fingerprint density at radius 3 is 2.40 bits per heavy atom. The van der Waals surface area contributed by atoms with Crippen LogP contribution in [0, 0.1) is 11.8 Å². The zero-order valence-electron chi connectivity index (χ0n) is 18.7. The van der Waals surface area contributed by atoms with Gasteiger partial charge in [0.05, 0.1) is 4.90 Å². The van der Waals surface area contributed by atoms with Gasteiger partial charge in [-0.25, -0.2) is 8.42 Å². The molecule has 2 heterocycles. The van der Waals surface area contributed by atoms with Crippen molar-refractivity contribution in [2.24, 2.45) is 16.8 Å². The summed E-state index contributed by atoms with van der Waals surface area (Å²) in [5.74, 6) is 1.87. The maximum absolute atomic E-state index is 12.8. The number of piperidine rings is 1. The minimum absolute atomic E-state index is 0.382. The molecule has 0 bridgehead atoms. The van der Waals surface area contributed by atoms with Crippen LogP contribution in [0.25, 0.3) is 0 Å². The number of likely N-dealkylation sites (tertiary alicyclic amines) is 1. The van der Waals surface area contributed by atoms with Crippen LogP contribution in [0.2, 0.25) is 0 Å². The first kappa shape index (κ1) is 23.0. The molecule has 0 amide bonds. The minimum atomic E-state index is -3.38. The van der Waals surface area contributed by atoms with Gasteiger partial charge in [-0.2, -0.15) is 4.31 Å². The molecule has 0 radical (unpaired) electrons. The summed E-state index contributed by atoms with van der Waals surface area (Å²) in [6.45, 7) is 10.9. The molecule has 7 nitrogen and oxygen atoms in total. The molecule has 2 fully saturated rings. The molecule has 0 saturated carbocycles. The third-order valence-corrected chi connectivity index (χ3v) is 8.34. The Morgan fingerprint density at radius 1 is 1.17 bits per heavy atom. The van der Waals surface area contributed by atoms with Crippen LogP contribution in [0.5, 0.6) is 0 Å². The molecule has 2 aliphatic rings. The number of hydrogen-bond acceptors (Lipinski definition) is 4. The van der Waals surface area contributed by atoms with Crippen molar-refractivity contribution < 1.29 is 8.42 Å². The van der Waals surface area contributed by atoms with Crippen molar-refractivity contribution in [3.63, 3.8) is 0 Å². The minimum Gasteiger partial charge on any atom is -0.356 e. The predicted octanol–water partition coefficient (Wildman–Crippen LogP) is 1.98. The summed E-state index contributed by atoms with van der Waals surface area (Å²) in [7, 11) is -1.57. The topological polar surface area (TPSA) is 77.0 Å². The zero-order chi connectivity index (χ0) is 21.7. The maximum atomic E-state index is 12.8. The zero-order valence-corrected chi connectivity index (χ0v) is 19.5. The van der Waals surface area contributed by atoms with Crippen LogP contribution < -0.4 is 10.6 Å². The molecular formula is C22H37N5O2S. The van der Waals surface area contributed by atoms with Gasteiger partial charge in [-0.3, -0.25) is 9.89 Å². The van der Waals surface area contributed by atoms with Gasteiger partial charge in [0.1, 0.15) is 0 Å². The Hall–Kier alpha value is -1.64. The highest BCUT2D eigenvalue weighted by Crippen LogP contribution is 2.23. The fraction of sp³-hybridized carbons (Fsp3) is 0.682. The van der Waals surface area contributed by atoms with E-state index in [1.165, 1.54) is 0 Å². The van der Waals surface area contributed by atoms with Crippen LogP contribution in [0.4, 0.5) is 0 Å². The lowest BCUT2D eigenvalue weighted by Crippen LogP contribution is -2.49. The summed E-state index contributed by atoms with van der Waals surface area (Å²) in [6.07, 6.45) is 1.72. The molecule has 30 heavy (non-hydrogen) atoms. The van der Waals surface area contributed by atoms with Gasteiger partial charge in [0.2, 0.25) is 10.0 Å². The van der Waals surface area contributed by atoms with Crippen molar-refractivity contribution in [1.29, 1.82) is 0 Å². The van der Waals surface area contributed by atoms with Gasteiger partial charge in [0, 0.05) is 51.9 Å². The SMILES string of the molecule is CN=C(NCC1CCN(S(=O)(=O)c2ccccc2)CC1)NC1CN(C(C)C)CC1C. The third-order valence-electron chi connectivity index (χ3n) is 6.43. The molecule has 8 heteroatoms. The summed E-state index contributed by atoms with van der Waals surface area (Å²) in [5, 5.41) is 7.05. The molecule has 3 rings (SSSR count). The molecule has 2 aliphatic heterocycles.